The Morgan fingerprint density at radius 3 is 2.84 bits per heavy atom. The van der Waals surface area contributed by atoms with Crippen molar-refractivity contribution in [3.63, 3.8) is 0 Å². The third kappa shape index (κ3) is 2.61. The van der Waals surface area contributed by atoms with Crippen LogP contribution in [0, 0.1) is 12.7 Å². The second-order valence-electron chi connectivity index (χ2n) is 4.73. The summed E-state index contributed by atoms with van der Waals surface area (Å²) in [5.74, 6) is -0.508. The van der Waals surface area contributed by atoms with Gasteiger partial charge in [-0.05, 0) is 32.0 Å². The van der Waals surface area contributed by atoms with Crippen LogP contribution in [-0.4, -0.2) is 35.6 Å². The highest BCUT2D eigenvalue weighted by atomic mass is 19.1. The average Bonchev–Trinajstić information content (AvgIpc) is 2.65. The molecule has 1 atom stereocenters. The fourth-order valence-corrected chi connectivity index (χ4v) is 2.05. The molecule has 0 aliphatic heterocycles. The van der Waals surface area contributed by atoms with Gasteiger partial charge in [0.05, 0.1) is 6.10 Å². The van der Waals surface area contributed by atoms with Crippen LogP contribution in [0.2, 0.25) is 0 Å². The van der Waals surface area contributed by atoms with Gasteiger partial charge in [0.25, 0.3) is 5.91 Å². The molecule has 102 valence electrons. The molecule has 5 heteroatoms. The number of benzene rings is 1. The quantitative estimate of drug-likeness (QED) is 0.926. The number of hydrogen-bond acceptors (Lipinski definition) is 3. The number of hydrogen-bond donors (Lipinski definition) is 1. The number of aliphatic hydroxyl groups excluding tert-OH is 1. The highest BCUT2D eigenvalue weighted by molar-refractivity contribution is 5.98. The molecule has 0 radical (unpaired) electrons. The van der Waals surface area contributed by atoms with Gasteiger partial charge in [-0.1, -0.05) is 0 Å². The topological polar surface area (TPSA) is 53.7 Å². The lowest BCUT2D eigenvalue weighted by molar-refractivity contribution is 0.0675. The van der Waals surface area contributed by atoms with Crippen LogP contribution in [0.1, 0.15) is 23.0 Å². The number of aryl methyl sites for hydroxylation is 1. The minimum absolute atomic E-state index is 0.184. The number of amides is 1. The van der Waals surface area contributed by atoms with Crippen molar-refractivity contribution in [2.75, 3.05) is 13.6 Å². The number of fused-ring (bicyclic) bond motifs is 1. The number of nitrogens with zero attached hydrogens (tertiary/aromatic N) is 1. The molecule has 0 saturated heterocycles. The molecular formula is C14H16FNO3. The molecular weight excluding hydrogens is 249 g/mol. The van der Waals surface area contributed by atoms with Crippen molar-refractivity contribution in [2.45, 2.75) is 20.0 Å². The van der Waals surface area contributed by atoms with Gasteiger partial charge in [-0.15, -0.1) is 0 Å². The number of furan rings is 1. The van der Waals surface area contributed by atoms with E-state index in [-0.39, 0.29) is 24.0 Å². The molecule has 0 saturated carbocycles. The zero-order valence-electron chi connectivity index (χ0n) is 11.1. The summed E-state index contributed by atoms with van der Waals surface area (Å²) in [4.78, 5) is 13.6. The number of likely N-dealkylation sites (N-methyl/N-ethyl adjacent to an activating group) is 1. The maximum atomic E-state index is 13.2. The summed E-state index contributed by atoms with van der Waals surface area (Å²) in [7, 11) is 1.59. The molecule has 1 aromatic heterocycles. The van der Waals surface area contributed by atoms with Gasteiger partial charge in [0, 0.05) is 24.5 Å². The summed E-state index contributed by atoms with van der Waals surface area (Å²) in [6.45, 7) is 3.53. The third-order valence-electron chi connectivity index (χ3n) is 2.98. The molecule has 1 N–H and O–H groups in total. The normalized spacial score (nSPS) is 12.7. The van der Waals surface area contributed by atoms with E-state index in [1.165, 1.54) is 23.1 Å². The van der Waals surface area contributed by atoms with Gasteiger partial charge >= 0.3 is 0 Å². The number of carbonyl (C=O) groups is 1. The molecule has 2 aromatic rings. The molecule has 1 heterocycles. The van der Waals surface area contributed by atoms with Gasteiger partial charge in [-0.3, -0.25) is 4.79 Å². The second kappa shape index (κ2) is 5.01. The highest BCUT2D eigenvalue weighted by Gasteiger charge is 2.21. The van der Waals surface area contributed by atoms with E-state index in [2.05, 4.69) is 0 Å². The van der Waals surface area contributed by atoms with Crippen LogP contribution in [0.3, 0.4) is 0 Å². The van der Waals surface area contributed by atoms with Crippen LogP contribution < -0.4 is 0 Å². The van der Waals surface area contributed by atoms with Crippen molar-refractivity contribution >= 4 is 16.9 Å². The van der Waals surface area contributed by atoms with Crippen LogP contribution in [0.15, 0.2) is 22.6 Å². The standard InChI is InChI=1S/C14H16FNO3/c1-8(17)7-16(3)14(18)13-9(2)11-6-10(15)4-5-12(11)19-13/h4-6,8,17H,7H2,1-3H3. The van der Waals surface area contributed by atoms with Crippen molar-refractivity contribution in [3.05, 3.63) is 35.3 Å². The molecule has 4 nitrogen and oxygen atoms in total. The van der Waals surface area contributed by atoms with Crippen LogP contribution in [0.4, 0.5) is 4.39 Å². The van der Waals surface area contributed by atoms with Crippen molar-refractivity contribution in [2.24, 2.45) is 0 Å². The first-order valence-corrected chi connectivity index (χ1v) is 6.02. The summed E-state index contributed by atoms with van der Waals surface area (Å²) < 4.78 is 18.7. The Kier molecular flexibility index (Phi) is 3.57. The maximum absolute atomic E-state index is 13.2. The van der Waals surface area contributed by atoms with Gasteiger partial charge in [0.15, 0.2) is 5.76 Å². The first kappa shape index (κ1) is 13.5. The van der Waals surface area contributed by atoms with Crippen molar-refractivity contribution in [1.29, 1.82) is 0 Å². The molecule has 0 aliphatic carbocycles. The van der Waals surface area contributed by atoms with E-state index in [4.69, 9.17) is 4.42 Å². The fraction of sp³-hybridized carbons (Fsp3) is 0.357. The molecule has 19 heavy (non-hydrogen) atoms. The van der Waals surface area contributed by atoms with Gasteiger partial charge in [0.2, 0.25) is 0 Å². The molecule has 0 aliphatic rings. The summed E-state index contributed by atoms with van der Waals surface area (Å²) >= 11 is 0. The second-order valence-corrected chi connectivity index (χ2v) is 4.73. The molecule has 1 aromatic carbocycles. The fourth-order valence-electron chi connectivity index (χ4n) is 2.05. The van der Waals surface area contributed by atoms with Crippen molar-refractivity contribution < 1.29 is 18.7 Å². The zero-order valence-corrected chi connectivity index (χ0v) is 11.1. The lowest BCUT2D eigenvalue weighted by atomic mass is 10.1. The van der Waals surface area contributed by atoms with Gasteiger partial charge < -0.3 is 14.4 Å². The van der Waals surface area contributed by atoms with Crippen LogP contribution in [-0.2, 0) is 0 Å². The summed E-state index contributed by atoms with van der Waals surface area (Å²) in [5.41, 5.74) is 1.09. The number of halogens is 1. The Labute approximate surface area is 110 Å². The predicted octanol–water partition coefficient (Wildman–Crippen LogP) is 2.33. The summed E-state index contributed by atoms with van der Waals surface area (Å²) in [6, 6.07) is 4.14. The average molecular weight is 265 g/mol. The minimum atomic E-state index is -0.615. The number of aliphatic hydroxyl groups is 1. The van der Waals surface area contributed by atoms with Crippen LogP contribution in [0.25, 0.3) is 11.0 Å². The Morgan fingerprint density at radius 1 is 1.53 bits per heavy atom. The number of carbonyl (C=O) groups excluding carboxylic acids is 1. The largest absolute Gasteiger partial charge is 0.451 e. The SMILES string of the molecule is Cc1c(C(=O)N(C)CC(C)O)oc2ccc(F)cc12. The van der Waals surface area contributed by atoms with E-state index in [0.29, 0.717) is 16.5 Å². The van der Waals surface area contributed by atoms with Crippen molar-refractivity contribution in [3.8, 4) is 0 Å². The zero-order chi connectivity index (χ0) is 14.2. The molecule has 0 fully saturated rings. The summed E-state index contributed by atoms with van der Waals surface area (Å²) in [6.07, 6.45) is -0.615. The monoisotopic (exact) mass is 265 g/mol. The molecule has 2 rings (SSSR count). The molecule has 1 unspecified atom stereocenters. The first-order valence-electron chi connectivity index (χ1n) is 6.02. The predicted molar refractivity (Wildman–Crippen MR) is 69.6 cm³/mol. The Morgan fingerprint density at radius 2 is 2.21 bits per heavy atom. The third-order valence-corrected chi connectivity index (χ3v) is 2.98. The van der Waals surface area contributed by atoms with Crippen LogP contribution in [0.5, 0.6) is 0 Å². The van der Waals surface area contributed by atoms with Gasteiger partial charge in [-0.2, -0.15) is 0 Å². The van der Waals surface area contributed by atoms with Crippen molar-refractivity contribution in [1.82, 2.24) is 4.90 Å². The van der Waals surface area contributed by atoms with Gasteiger partial charge in [0.1, 0.15) is 11.4 Å². The lowest BCUT2D eigenvalue weighted by Gasteiger charge is -2.17. The van der Waals surface area contributed by atoms with E-state index >= 15 is 0 Å². The van der Waals surface area contributed by atoms with Crippen LogP contribution >= 0.6 is 0 Å². The molecule has 0 spiro atoms. The number of rotatable bonds is 3. The Hall–Kier alpha value is -1.88. The Bertz CT molecular complexity index is 618. The molecule has 1 amide bonds. The first-order chi connectivity index (χ1) is 8.90. The molecule has 0 bridgehead atoms. The van der Waals surface area contributed by atoms with Gasteiger partial charge in [-0.25, -0.2) is 4.39 Å². The highest BCUT2D eigenvalue weighted by Crippen LogP contribution is 2.26. The smallest absolute Gasteiger partial charge is 0.289 e. The van der Waals surface area contributed by atoms with E-state index in [1.54, 1.807) is 20.9 Å². The maximum Gasteiger partial charge on any atom is 0.289 e. The Balaban J connectivity index is 2.40. The van der Waals surface area contributed by atoms with E-state index in [9.17, 15) is 14.3 Å². The lowest BCUT2D eigenvalue weighted by Crippen LogP contribution is -2.33. The van der Waals surface area contributed by atoms with E-state index in [1.807, 2.05) is 0 Å². The minimum Gasteiger partial charge on any atom is -0.451 e. The van der Waals surface area contributed by atoms with E-state index < -0.39 is 6.10 Å². The van der Waals surface area contributed by atoms with E-state index in [0.717, 1.165) is 0 Å². The summed E-state index contributed by atoms with van der Waals surface area (Å²) in [5, 5.41) is 9.88.